The van der Waals surface area contributed by atoms with Gasteiger partial charge in [-0.2, -0.15) is 0 Å². The Morgan fingerprint density at radius 1 is 0.529 bits per heavy atom. The highest BCUT2D eigenvalue weighted by atomic mass is 32.1. The van der Waals surface area contributed by atoms with E-state index in [2.05, 4.69) is 232 Å². The van der Waals surface area contributed by atoms with Gasteiger partial charge >= 0.3 is 0 Å². The number of allylic oxidation sites excluding steroid dienone is 4. The largest absolute Gasteiger partial charge is 0.145 e. The summed E-state index contributed by atoms with van der Waals surface area (Å²) in [6, 6.07) is 55.1. The summed E-state index contributed by atoms with van der Waals surface area (Å²) < 4.78 is 0. The van der Waals surface area contributed by atoms with Crippen LogP contribution in [0.25, 0.3) is 56.8 Å². The first-order valence-electron chi connectivity index (χ1n) is 24.3. The summed E-state index contributed by atoms with van der Waals surface area (Å²) in [5.74, 6) is 0. The molecule has 0 saturated heterocycles. The number of benzene rings is 7. The van der Waals surface area contributed by atoms with Crippen molar-refractivity contribution in [3.63, 3.8) is 0 Å². The molecule has 0 atom stereocenters. The molecule has 1 aliphatic carbocycles. The number of hydrogen-bond donors (Lipinski definition) is 0. The third-order valence-electron chi connectivity index (χ3n) is 12.4. The topological polar surface area (TPSA) is 0 Å². The van der Waals surface area contributed by atoms with Crippen LogP contribution in [0.3, 0.4) is 0 Å². The average molecular weight is 909 g/mol. The van der Waals surface area contributed by atoms with Gasteiger partial charge in [0.05, 0.1) is 5.41 Å². The maximum Gasteiger partial charge on any atom is 0.0714 e. The predicted molar refractivity (Wildman–Crippen MR) is 307 cm³/mol. The van der Waals surface area contributed by atoms with Gasteiger partial charge in [0.25, 0.3) is 0 Å². The van der Waals surface area contributed by atoms with Gasteiger partial charge in [-0.05, 0) is 143 Å². The predicted octanol–water partition coefficient (Wildman–Crippen LogP) is 20.2. The van der Waals surface area contributed by atoms with Gasteiger partial charge in [0, 0.05) is 9.75 Å². The number of aryl methyl sites for hydroxylation is 5. The SMILES string of the molecule is C=C/C=C\c1c(C)sc(C)c1/C(C)=C\CC.C=Cc1c(-c2ccc3ccccc3c2)cc2c(c1C=C)-c1ccc(C)cc1C2(c1ccccc1)c1ccccc1.CC.CC.Cc1ccc(C)cc1. The van der Waals surface area contributed by atoms with Gasteiger partial charge in [-0.1, -0.05) is 247 Å². The van der Waals surface area contributed by atoms with E-state index in [1.54, 1.807) is 0 Å². The first-order chi connectivity index (χ1) is 33.1. The molecule has 1 heteroatoms. The zero-order valence-corrected chi connectivity index (χ0v) is 43.5. The zero-order chi connectivity index (χ0) is 49.4. The molecule has 9 rings (SSSR count). The summed E-state index contributed by atoms with van der Waals surface area (Å²) in [7, 11) is 0. The Morgan fingerprint density at radius 3 is 1.62 bits per heavy atom. The summed E-state index contributed by atoms with van der Waals surface area (Å²) in [5, 5.41) is 2.47. The Kier molecular flexibility index (Phi) is 19.0. The molecule has 346 valence electrons. The molecular formula is C67H72S. The third kappa shape index (κ3) is 11.0. The van der Waals surface area contributed by atoms with Crippen LogP contribution in [0, 0.1) is 34.6 Å². The number of fused-ring (bicyclic) bond motifs is 4. The second kappa shape index (κ2) is 24.8. The van der Waals surface area contributed by atoms with Crippen molar-refractivity contribution < 1.29 is 0 Å². The first-order valence-corrected chi connectivity index (χ1v) is 25.2. The van der Waals surface area contributed by atoms with E-state index in [0.29, 0.717) is 0 Å². The molecule has 8 aromatic rings. The van der Waals surface area contributed by atoms with Crippen LogP contribution < -0.4 is 0 Å². The molecule has 68 heavy (non-hydrogen) atoms. The molecule has 1 aromatic heterocycles. The van der Waals surface area contributed by atoms with Crippen molar-refractivity contribution in [3.8, 4) is 22.3 Å². The zero-order valence-electron chi connectivity index (χ0n) is 42.6. The van der Waals surface area contributed by atoms with Crippen LogP contribution in [0.2, 0.25) is 0 Å². The van der Waals surface area contributed by atoms with Crippen LogP contribution in [0.15, 0.2) is 190 Å². The Labute approximate surface area is 414 Å². The van der Waals surface area contributed by atoms with Gasteiger partial charge in [0.1, 0.15) is 0 Å². The quantitative estimate of drug-likeness (QED) is 0.127. The molecule has 0 spiro atoms. The number of rotatable bonds is 9. The summed E-state index contributed by atoms with van der Waals surface area (Å²) >= 11 is 1.87. The maximum atomic E-state index is 4.34. The molecule has 0 saturated carbocycles. The van der Waals surface area contributed by atoms with Gasteiger partial charge in [0.2, 0.25) is 0 Å². The molecule has 0 fully saturated rings. The highest BCUT2D eigenvalue weighted by Crippen LogP contribution is 2.59. The molecule has 0 N–H and O–H groups in total. The fraction of sp³-hybridized carbons (Fsp3) is 0.194. The van der Waals surface area contributed by atoms with Crippen LogP contribution in [0.1, 0.15) is 119 Å². The van der Waals surface area contributed by atoms with E-state index in [9.17, 15) is 0 Å². The molecule has 0 radical (unpaired) electrons. The van der Waals surface area contributed by atoms with E-state index in [4.69, 9.17) is 0 Å². The van der Waals surface area contributed by atoms with Crippen molar-refractivity contribution in [2.45, 2.75) is 88.0 Å². The minimum Gasteiger partial charge on any atom is -0.145 e. The van der Waals surface area contributed by atoms with Gasteiger partial charge in [-0.15, -0.1) is 11.3 Å². The molecule has 0 bridgehead atoms. The number of hydrogen-bond acceptors (Lipinski definition) is 1. The molecule has 1 heterocycles. The Balaban J connectivity index is 0.000000254. The fourth-order valence-electron chi connectivity index (χ4n) is 9.43. The second-order valence-corrected chi connectivity index (χ2v) is 18.2. The van der Waals surface area contributed by atoms with Gasteiger partial charge in [0.15, 0.2) is 0 Å². The van der Waals surface area contributed by atoms with Crippen molar-refractivity contribution in [1.82, 2.24) is 0 Å². The molecular weight excluding hydrogens is 837 g/mol. The second-order valence-electron chi connectivity index (χ2n) is 16.7. The fourth-order valence-corrected chi connectivity index (χ4v) is 10.5. The standard InChI is InChI=1S/C40H30.C15H20S.C8H10.2C2H6/c1-4-33-34(5-2)39-35-23-20-27(3)24-37(35)40(31-16-8-6-9-17-31,32-18-10-7-11-19-32)38(39)26-36(33)30-22-21-28-14-12-13-15-29(28)25-30;1-6-8-10-14-12(4)16-13(5)15(14)11(3)9-7-2;1-7-3-5-8(2)6-4-7;2*1-2/h4-26H,1-2H2,3H3;6,8-10H,1,7H2,2-5H3;3-6H,1-2H3;2*1-2H3/b;10-8-,11-9-;;;. The van der Waals surface area contributed by atoms with Gasteiger partial charge in [-0.25, -0.2) is 0 Å². The van der Waals surface area contributed by atoms with Gasteiger partial charge in [-0.3, -0.25) is 0 Å². The highest BCUT2D eigenvalue weighted by Gasteiger charge is 2.47. The van der Waals surface area contributed by atoms with E-state index in [-0.39, 0.29) is 0 Å². The van der Waals surface area contributed by atoms with Crippen molar-refractivity contribution >= 4 is 45.9 Å². The van der Waals surface area contributed by atoms with Crippen LogP contribution in [0.5, 0.6) is 0 Å². The number of thiophene rings is 1. The normalized spacial score (nSPS) is 11.8. The molecule has 1 aliphatic rings. The van der Waals surface area contributed by atoms with E-state index < -0.39 is 5.41 Å². The lowest BCUT2D eigenvalue weighted by Gasteiger charge is -2.34. The minimum atomic E-state index is -0.470. The lowest BCUT2D eigenvalue weighted by molar-refractivity contribution is 0.767. The molecule has 0 nitrogen and oxygen atoms in total. The maximum absolute atomic E-state index is 4.34. The van der Waals surface area contributed by atoms with Crippen molar-refractivity contribution in [2.75, 3.05) is 0 Å². The van der Waals surface area contributed by atoms with E-state index in [1.165, 1.54) is 98.4 Å². The lowest BCUT2D eigenvalue weighted by Crippen LogP contribution is -2.28. The Hall–Kier alpha value is -6.80. The van der Waals surface area contributed by atoms with E-state index >= 15 is 0 Å². The Bertz CT molecular complexity index is 2940. The average Bonchev–Trinajstić information content (AvgIpc) is 3.84. The summed E-state index contributed by atoms with van der Waals surface area (Å²) in [6.45, 7) is 35.5. The minimum absolute atomic E-state index is 0.470. The summed E-state index contributed by atoms with van der Waals surface area (Å²) in [4.78, 5) is 2.79. The molecule has 0 unspecified atom stereocenters. The van der Waals surface area contributed by atoms with Crippen molar-refractivity contribution in [1.29, 1.82) is 0 Å². The van der Waals surface area contributed by atoms with E-state index in [0.717, 1.165) is 17.5 Å². The molecule has 7 aromatic carbocycles. The van der Waals surface area contributed by atoms with Crippen molar-refractivity contribution in [2.24, 2.45) is 0 Å². The molecule has 0 amide bonds. The van der Waals surface area contributed by atoms with E-state index in [1.807, 2.05) is 63.3 Å². The monoisotopic (exact) mass is 909 g/mol. The summed E-state index contributed by atoms with van der Waals surface area (Å²) in [5.41, 5.74) is 19.8. The van der Waals surface area contributed by atoms with Crippen LogP contribution in [-0.4, -0.2) is 0 Å². The van der Waals surface area contributed by atoms with Gasteiger partial charge < -0.3 is 0 Å². The van der Waals surface area contributed by atoms with Crippen LogP contribution >= 0.6 is 11.3 Å². The smallest absolute Gasteiger partial charge is 0.0714 e. The molecule has 0 aliphatic heterocycles. The lowest BCUT2D eigenvalue weighted by atomic mass is 9.67. The highest BCUT2D eigenvalue weighted by molar-refractivity contribution is 7.12. The van der Waals surface area contributed by atoms with Crippen molar-refractivity contribution in [3.05, 3.63) is 261 Å². The summed E-state index contributed by atoms with van der Waals surface area (Å²) in [6.07, 6.45) is 13.4. The first kappa shape index (κ1) is 52.2. The third-order valence-corrected chi connectivity index (χ3v) is 13.4. The van der Waals surface area contributed by atoms with Crippen LogP contribution in [-0.2, 0) is 5.41 Å². The Morgan fingerprint density at radius 2 is 1.07 bits per heavy atom. The van der Waals surface area contributed by atoms with Crippen LogP contribution in [0.4, 0.5) is 0 Å².